The van der Waals surface area contributed by atoms with Crippen LogP contribution in [0.5, 0.6) is 0 Å². The fourth-order valence-corrected chi connectivity index (χ4v) is 1.42. The van der Waals surface area contributed by atoms with E-state index in [9.17, 15) is 0 Å². The quantitative estimate of drug-likeness (QED) is 0.538. The van der Waals surface area contributed by atoms with E-state index in [0.717, 1.165) is 11.8 Å². The fourth-order valence-electron chi connectivity index (χ4n) is 1.42. The summed E-state index contributed by atoms with van der Waals surface area (Å²) < 4.78 is 0. The molecule has 0 nitrogen and oxygen atoms in total. The van der Waals surface area contributed by atoms with Gasteiger partial charge in [0.25, 0.3) is 0 Å². The van der Waals surface area contributed by atoms with Crippen LogP contribution in [0.2, 0.25) is 0 Å². The van der Waals surface area contributed by atoms with Crippen LogP contribution >= 0.6 is 0 Å². The molecule has 0 aromatic heterocycles. The van der Waals surface area contributed by atoms with Crippen molar-refractivity contribution in [1.82, 2.24) is 0 Å². The van der Waals surface area contributed by atoms with Crippen LogP contribution in [-0.2, 0) is 0 Å². The van der Waals surface area contributed by atoms with Crippen molar-refractivity contribution >= 4 is 0 Å². The largest absolute Gasteiger partial charge is 0.0991 e. The van der Waals surface area contributed by atoms with Crippen LogP contribution in [0.25, 0.3) is 0 Å². The summed E-state index contributed by atoms with van der Waals surface area (Å²) in [5.41, 5.74) is 1.44. The van der Waals surface area contributed by atoms with Crippen molar-refractivity contribution in [3.63, 3.8) is 0 Å². The maximum Gasteiger partial charge on any atom is -0.0133 e. The average Bonchev–Trinajstić information content (AvgIpc) is 2.67. The third-order valence-electron chi connectivity index (χ3n) is 2.21. The highest BCUT2D eigenvalue weighted by atomic mass is 14.4. The molecule has 0 radical (unpaired) electrons. The predicted molar refractivity (Wildman–Crippen MR) is 50.4 cm³/mol. The third kappa shape index (κ3) is 2.07. The first-order valence-electron chi connectivity index (χ1n) is 4.25. The van der Waals surface area contributed by atoms with Crippen molar-refractivity contribution in [3.05, 3.63) is 36.5 Å². The molecule has 0 aliphatic heterocycles. The highest BCUT2D eigenvalue weighted by Crippen LogP contribution is 2.43. The molecule has 0 bridgehead atoms. The Hall–Kier alpha value is -0.780. The second-order valence-electron chi connectivity index (χ2n) is 3.22. The highest BCUT2D eigenvalue weighted by molar-refractivity contribution is 5.29. The van der Waals surface area contributed by atoms with Gasteiger partial charge in [-0.3, -0.25) is 0 Å². The van der Waals surface area contributed by atoms with E-state index in [1.807, 2.05) is 6.08 Å². The molecule has 1 aliphatic carbocycles. The van der Waals surface area contributed by atoms with Gasteiger partial charge < -0.3 is 0 Å². The monoisotopic (exact) mass is 148 g/mol. The summed E-state index contributed by atoms with van der Waals surface area (Å²) in [6.07, 6.45) is 9.63. The minimum absolute atomic E-state index is 0.809. The van der Waals surface area contributed by atoms with Crippen LogP contribution < -0.4 is 0 Å². The Morgan fingerprint density at radius 2 is 2.18 bits per heavy atom. The number of rotatable bonds is 3. The van der Waals surface area contributed by atoms with Gasteiger partial charge in [0.15, 0.2) is 0 Å². The molecule has 1 aliphatic rings. The first kappa shape index (κ1) is 8.32. The predicted octanol–water partition coefficient (Wildman–Crippen LogP) is 3.33. The summed E-state index contributed by atoms with van der Waals surface area (Å²) in [6.45, 7) is 8.06. The van der Waals surface area contributed by atoms with Crippen molar-refractivity contribution < 1.29 is 0 Å². The van der Waals surface area contributed by atoms with Gasteiger partial charge in [-0.25, -0.2) is 0 Å². The molecule has 0 heterocycles. The Kier molecular flexibility index (Phi) is 2.70. The summed E-state index contributed by atoms with van der Waals surface area (Å²) in [5.74, 6) is 1.70. The summed E-state index contributed by atoms with van der Waals surface area (Å²) in [7, 11) is 0. The first-order chi connectivity index (χ1) is 5.29. The van der Waals surface area contributed by atoms with Gasteiger partial charge in [0.05, 0.1) is 0 Å². The van der Waals surface area contributed by atoms with Gasteiger partial charge in [0, 0.05) is 0 Å². The molecule has 60 valence electrons. The molecular weight excluding hydrogens is 132 g/mol. The Morgan fingerprint density at radius 3 is 2.55 bits per heavy atom. The summed E-state index contributed by atoms with van der Waals surface area (Å²) in [6, 6.07) is 0. The van der Waals surface area contributed by atoms with Gasteiger partial charge >= 0.3 is 0 Å². The fraction of sp³-hybridized carbons (Fsp3) is 0.455. The maximum absolute atomic E-state index is 3.71. The van der Waals surface area contributed by atoms with E-state index < -0.39 is 0 Å². The maximum atomic E-state index is 3.71. The summed E-state index contributed by atoms with van der Waals surface area (Å²) in [5, 5.41) is 0. The van der Waals surface area contributed by atoms with Gasteiger partial charge in [-0.1, -0.05) is 37.8 Å². The zero-order valence-electron chi connectivity index (χ0n) is 7.38. The topological polar surface area (TPSA) is 0 Å². The smallest absolute Gasteiger partial charge is 0.0133 e. The van der Waals surface area contributed by atoms with Crippen molar-refractivity contribution in [2.24, 2.45) is 11.8 Å². The lowest BCUT2D eigenvalue weighted by atomic mass is 10.1. The van der Waals surface area contributed by atoms with Gasteiger partial charge in [0.2, 0.25) is 0 Å². The van der Waals surface area contributed by atoms with Crippen LogP contribution in [-0.4, -0.2) is 0 Å². The molecule has 1 unspecified atom stereocenters. The normalized spacial score (nSPS) is 30.9. The van der Waals surface area contributed by atoms with Gasteiger partial charge in [-0.05, 0) is 30.8 Å². The zero-order chi connectivity index (χ0) is 8.27. The molecule has 1 saturated carbocycles. The Morgan fingerprint density at radius 1 is 1.55 bits per heavy atom. The highest BCUT2D eigenvalue weighted by Gasteiger charge is 2.34. The van der Waals surface area contributed by atoms with E-state index in [2.05, 4.69) is 38.7 Å². The molecule has 11 heavy (non-hydrogen) atoms. The molecular formula is C11H16. The minimum Gasteiger partial charge on any atom is -0.0991 e. The summed E-state index contributed by atoms with van der Waals surface area (Å²) in [4.78, 5) is 0. The molecule has 0 saturated heterocycles. The molecule has 0 N–H and O–H groups in total. The van der Waals surface area contributed by atoms with E-state index in [0.29, 0.717) is 0 Å². The number of hydrogen-bond donors (Lipinski definition) is 0. The van der Waals surface area contributed by atoms with E-state index in [1.165, 1.54) is 12.0 Å². The van der Waals surface area contributed by atoms with E-state index >= 15 is 0 Å². The minimum atomic E-state index is 0.809. The average molecular weight is 148 g/mol. The van der Waals surface area contributed by atoms with Crippen molar-refractivity contribution in [2.45, 2.75) is 20.3 Å². The molecule has 0 amide bonds. The van der Waals surface area contributed by atoms with Gasteiger partial charge in [-0.2, -0.15) is 0 Å². The van der Waals surface area contributed by atoms with Crippen molar-refractivity contribution in [3.8, 4) is 0 Å². The molecule has 0 aromatic rings. The standard InChI is InChI=1S/C11H16/c1-4-6-10(7-5-2)11-8-9(11)3/h4-7,9,11H,1,8H2,2-3H3/b7-5-,10-6+/t9?,11-/m0/s1. The zero-order valence-corrected chi connectivity index (χ0v) is 7.38. The van der Waals surface area contributed by atoms with Crippen LogP contribution in [0.4, 0.5) is 0 Å². The molecule has 0 heteroatoms. The molecule has 2 atom stereocenters. The Bertz CT molecular complexity index is 196. The second kappa shape index (κ2) is 3.56. The summed E-state index contributed by atoms with van der Waals surface area (Å²) >= 11 is 0. The second-order valence-corrected chi connectivity index (χ2v) is 3.22. The van der Waals surface area contributed by atoms with Crippen molar-refractivity contribution in [2.75, 3.05) is 0 Å². The van der Waals surface area contributed by atoms with Crippen molar-refractivity contribution in [1.29, 1.82) is 0 Å². The third-order valence-corrected chi connectivity index (χ3v) is 2.21. The lowest BCUT2D eigenvalue weighted by molar-refractivity contribution is 0.873. The van der Waals surface area contributed by atoms with E-state index in [-0.39, 0.29) is 0 Å². The lowest BCUT2D eigenvalue weighted by Crippen LogP contribution is -1.81. The number of allylic oxidation sites excluding steroid dienone is 5. The van der Waals surface area contributed by atoms with Gasteiger partial charge in [0.1, 0.15) is 0 Å². The van der Waals surface area contributed by atoms with Crippen LogP contribution in [0.15, 0.2) is 36.5 Å². The van der Waals surface area contributed by atoms with Crippen LogP contribution in [0, 0.1) is 11.8 Å². The first-order valence-corrected chi connectivity index (χ1v) is 4.25. The molecule has 1 fully saturated rings. The molecule has 1 rings (SSSR count). The van der Waals surface area contributed by atoms with E-state index in [4.69, 9.17) is 0 Å². The molecule has 0 aromatic carbocycles. The Balaban J connectivity index is 2.60. The lowest BCUT2D eigenvalue weighted by Gasteiger charge is -1.96. The van der Waals surface area contributed by atoms with Crippen LogP contribution in [0.1, 0.15) is 20.3 Å². The SMILES string of the molecule is C=C/C=C(\C=C/C)[C@H]1CC1C. The number of hydrogen-bond acceptors (Lipinski definition) is 0. The van der Waals surface area contributed by atoms with Gasteiger partial charge in [-0.15, -0.1) is 0 Å². The Labute approximate surface area is 69.3 Å². The van der Waals surface area contributed by atoms with Crippen LogP contribution in [0.3, 0.4) is 0 Å². The molecule has 0 spiro atoms. The van der Waals surface area contributed by atoms with E-state index in [1.54, 1.807) is 0 Å².